The second-order valence-corrected chi connectivity index (χ2v) is 9.54. The summed E-state index contributed by atoms with van der Waals surface area (Å²) in [6.45, 7) is 10.5. The zero-order chi connectivity index (χ0) is 22.2. The summed E-state index contributed by atoms with van der Waals surface area (Å²) in [5, 5.41) is 0. The fraction of sp³-hybridized carbons (Fsp3) is 0.259. The average Bonchev–Trinajstić information content (AvgIpc) is 2.96. The topological polar surface area (TPSA) is 18.5 Å². The van der Waals surface area contributed by atoms with Crippen molar-refractivity contribution in [2.45, 2.75) is 45.8 Å². The van der Waals surface area contributed by atoms with Crippen molar-refractivity contribution in [1.29, 1.82) is 0 Å². The van der Waals surface area contributed by atoms with Gasteiger partial charge in [-0.2, -0.15) is 0 Å². The van der Waals surface area contributed by atoms with Crippen LogP contribution in [-0.2, 0) is 9.31 Å². The molecule has 1 aliphatic heterocycles. The zero-order valence-electron chi connectivity index (χ0n) is 19.4. The highest BCUT2D eigenvalue weighted by atomic mass is 16.7. The molecule has 1 aliphatic rings. The summed E-state index contributed by atoms with van der Waals surface area (Å²) in [6.07, 6.45) is 2.26. The van der Waals surface area contributed by atoms with Gasteiger partial charge in [-0.05, 0) is 68.4 Å². The monoisotopic (exact) mass is 408 g/mol. The Morgan fingerprint density at radius 3 is 1.74 bits per heavy atom. The van der Waals surface area contributed by atoms with Gasteiger partial charge in [0.2, 0.25) is 0 Å². The van der Waals surface area contributed by atoms with Crippen molar-refractivity contribution in [3.05, 3.63) is 95.1 Å². The van der Waals surface area contributed by atoms with Crippen LogP contribution < -0.4 is 10.9 Å². The lowest BCUT2D eigenvalue weighted by molar-refractivity contribution is 0.00578. The van der Waals surface area contributed by atoms with Gasteiger partial charge in [-0.1, -0.05) is 83.8 Å². The third-order valence-electron chi connectivity index (χ3n) is 6.50. The van der Waals surface area contributed by atoms with E-state index in [-0.39, 0.29) is 18.3 Å². The molecule has 31 heavy (non-hydrogen) atoms. The van der Waals surface area contributed by atoms with Crippen LogP contribution in [0.3, 0.4) is 0 Å². The maximum atomic E-state index is 6.22. The molecule has 0 atom stereocenters. The largest absolute Gasteiger partial charge is 0.494 e. The molecule has 1 heterocycles. The Labute approximate surface area is 187 Å². The molecule has 4 rings (SSSR count). The highest BCUT2D eigenvalue weighted by molar-refractivity contribution is 6.62. The molecule has 1 fully saturated rings. The summed E-state index contributed by atoms with van der Waals surface area (Å²) in [5.74, 6) is 0. The Morgan fingerprint density at radius 2 is 1.23 bits per heavy atom. The zero-order valence-corrected chi connectivity index (χ0v) is 19.4. The number of rotatable bonds is 4. The van der Waals surface area contributed by atoms with Crippen LogP contribution in [0.25, 0.3) is 11.6 Å². The Morgan fingerprint density at radius 1 is 0.742 bits per heavy atom. The van der Waals surface area contributed by atoms with E-state index in [1.165, 1.54) is 33.3 Å². The molecule has 0 radical (unpaired) electrons. The van der Waals surface area contributed by atoms with Crippen LogP contribution in [0.1, 0.15) is 49.9 Å². The molecule has 3 aromatic carbocycles. The molecule has 4 heteroatoms. The van der Waals surface area contributed by atoms with Crippen molar-refractivity contribution >= 4 is 37.5 Å². The molecule has 1 saturated heterocycles. The van der Waals surface area contributed by atoms with Crippen LogP contribution in [0, 0.1) is 6.92 Å². The third-order valence-corrected chi connectivity index (χ3v) is 6.50. The van der Waals surface area contributed by atoms with Crippen molar-refractivity contribution in [1.82, 2.24) is 0 Å². The van der Waals surface area contributed by atoms with E-state index < -0.39 is 0 Å². The van der Waals surface area contributed by atoms with Crippen molar-refractivity contribution in [2.75, 3.05) is 0 Å². The van der Waals surface area contributed by atoms with Crippen molar-refractivity contribution in [3.63, 3.8) is 0 Å². The van der Waals surface area contributed by atoms with Gasteiger partial charge in [0.05, 0.1) is 11.2 Å². The Balaban J connectivity index is 1.69. The molecule has 156 valence electrons. The fourth-order valence-corrected chi connectivity index (χ4v) is 3.69. The summed E-state index contributed by atoms with van der Waals surface area (Å²) in [7, 11) is 1.77. The number of hydrogen-bond donors (Lipinski definition) is 0. The molecule has 0 saturated carbocycles. The van der Waals surface area contributed by atoms with Crippen molar-refractivity contribution in [3.8, 4) is 0 Å². The lowest BCUT2D eigenvalue weighted by atomic mass is 9.78. The minimum atomic E-state index is -0.344. The molecule has 0 aliphatic carbocycles. The van der Waals surface area contributed by atoms with E-state index in [0.29, 0.717) is 0 Å². The molecule has 0 spiro atoms. The van der Waals surface area contributed by atoms with Crippen LogP contribution in [-0.4, -0.2) is 26.2 Å². The quantitative estimate of drug-likeness (QED) is 0.478. The molecule has 0 aromatic heterocycles. The van der Waals surface area contributed by atoms with E-state index in [4.69, 9.17) is 9.31 Å². The van der Waals surface area contributed by atoms with Gasteiger partial charge in [-0.15, -0.1) is 0 Å². The third kappa shape index (κ3) is 4.56. The molecule has 0 unspecified atom stereocenters. The van der Waals surface area contributed by atoms with Crippen LogP contribution in [0.15, 0.2) is 72.8 Å². The summed E-state index contributed by atoms with van der Waals surface area (Å²) in [4.78, 5) is 0. The summed E-state index contributed by atoms with van der Waals surface area (Å²) in [6, 6.07) is 25.9. The first-order valence-corrected chi connectivity index (χ1v) is 11.0. The fourth-order valence-electron chi connectivity index (χ4n) is 3.69. The van der Waals surface area contributed by atoms with E-state index in [9.17, 15) is 0 Å². The smallest absolute Gasteiger partial charge is 0.399 e. The Bertz CT molecular complexity index is 1060. The van der Waals surface area contributed by atoms with Crippen molar-refractivity contribution < 1.29 is 9.31 Å². The predicted molar refractivity (Wildman–Crippen MR) is 135 cm³/mol. The van der Waals surface area contributed by atoms with E-state index in [1.807, 2.05) is 0 Å². The van der Waals surface area contributed by atoms with E-state index in [2.05, 4.69) is 121 Å². The molecule has 3 aromatic rings. The van der Waals surface area contributed by atoms with Gasteiger partial charge in [0.25, 0.3) is 0 Å². The Kier molecular flexibility index (Phi) is 5.72. The SMILES string of the molecule is Bc1ccc(/C(=C/c2ccc(C)cc2)c2ccc(B3OC(C)(C)C(C)(C)O3)cc2)cc1. The highest BCUT2D eigenvalue weighted by Crippen LogP contribution is 2.36. The summed E-state index contributed by atoms with van der Waals surface area (Å²) in [5.41, 5.74) is 7.65. The maximum Gasteiger partial charge on any atom is 0.494 e. The van der Waals surface area contributed by atoms with Gasteiger partial charge in [-0.25, -0.2) is 0 Å². The first kappa shape index (κ1) is 21.7. The molecule has 0 N–H and O–H groups in total. The normalized spacial score (nSPS) is 17.7. The van der Waals surface area contributed by atoms with Crippen LogP contribution >= 0.6 is 0 Å². The molecule has 0 amide bonds. The van der Waals surface area contributed by atoms with Gasteiger partial charge in [0, 0.05) is 0 Å². The van der Waals surface area contributed by atoms with Gasteiger partial charge in [-0.3, -0.25) is 0 Å². The number of hydrogen-bond acceptors (Lipinski definition) is 2. The first-order valence-electron chi connectivity index (χ1n) is 11.0. The maximum absolute atomic E-state index is 6.22. The minimum Gasteiger partial charge on any atom is -0.399 e. The lowest BCUT2D eigenvalue weighted by Crippen LogP contribution is -2.41. The van der Waals surface area contributed by atoms with Gasteiger partial charge in [0.1, 0.15) is 7.85 Å². The first-order chi connectivity index (χ1) is 14.6. The second kappa shape index (κ2) is 8.18. The average molecular weight is 408 g/mol. The Hall–Kier alpha value is -2.55. The van der Waals surface area contributed by atoms with E-state index >= 15 is 0 Å². The minimum absolute atomic E-state index is 0.339. The van der Waals surface area contributed by atoms with Gasteiger partial charge in [0.15, 0.2) is 0 Å². The van der Waals surface area contributed by atoms with Crippen LogP contribution in [0.4, 0.5) is 0 Å². The van der Waals surface area contributed by atoms with Gasteiger partial charge < -0.3 is 9.31 Å². The van der Waals surface area contributed by atoms with E-state index in [0.717, 1.165) is 5.46 Å². The standard InChI is InChI=1S/C27H30B2O2/c1-19-6-8-20(9-7-19)18-25(21-10-14-23(28)15-11-21)22-12-16-24(17-13-22)29-30-26(2,3)27(4,5)31-29/h6-18H,28H2,1-5H3/b25-18-. The predicted octanol–water partition coefficient (Wildman–Crippen LogP) is 4.14. The van der Waals surface area contributed by atoms with Crippen LogP contribution in [0.2, 0.25) is 0 Å². The highest BCUT2D eigenvalue weighted by Gasteiger charge is 2.51. The summed E-state index contributed by atoms with van der Waals surface area (Å²) >= 11 is 0. The van der Waals surface area contributed by atoms with Gasteiger partial charge >= 0.3 is 7.12 Å². The molecule has 0 bridgehead atoms. The molecule has 2 nitrogen and oxygen atoms in total. The van der Waals surface area contributed by atoms with Crippen molar-refractivity contribution in [2.24, 2.45) is 0 Å². The second-order valence-electron chi connectivity index (χ2n) is 9.54. The summed E-state index contributed by atoms with van der Waals surface area (Å²) < 4.78 is 12.4. The number of benzene rings is 3. The molecular formula is C27H30B2O2. The van der Waals surface area contributed by atoms with E-state index in [1.54, 1.807) is 0 Å². The van der Waals surface area contributed by atoms with Crippen LogP contribution in [0.5, 0.6) is 0 Å². The lowest BCUT2D eigenvalue weighted by Gasteiger charge is -2.32. The molecular weight excluding hydrogens is 378 g/mol. The number of aryl methyl sites for hydroxylation is 1.